The molecule has 1 saturated carbocycles. The first-order valence-corrected chi connectivity index (χ1v) is 11.9. The molecule has 0 unspecified atom stereocenters. The van der Waals surface area contributed by atoms with Crippen LogP contribution >= 0.6 is 0 Å². The van der Waals surface area contributed by atoms with E-state index in [0.717, 1.165) is 0 Å². The van der Waals surface area contributed by atoms with E-state index in [1.54, 1.807) is 26.8 Å². The van der Waals surface area contributed by atoms with Crippen LogP contribution in [0.2, 0.25) is 0 Å². The summed E-state index contributed by atoms with van der Waals surface area (Å²) in [6, 6.07) is 10.8. The smallest absolute Gasteiger partial charge is 0.232 e. The topological polar surface area (TPSA) is 110 Å². The van der Waals surface area contributed by atoms with Gasteiger partial charge in [-0.2, -0.15) is 4.98 Å². The molecule has 2 N–H and O–H groups in total. The number of carbonyl (C=O) groups is 1. The lowest BCUT2D eigenvalue weighted by Crippen LogP contribution is -2.46. The number of nitrogens with one attached hydrogen (secondary N) is 2. The van der Waals surface area contributed by atoms with Crippen molar-refractivity contribution in [2.45, 2.75) is 64.2 Å². The van der Waals surface area contributed by atoms with Crippen molar-refractivity contribution in [3.8, 4) is 11.6 Å². The van der Waals surface area contributed by atoms with Gasteiger partial charge in [-0.25, -0.2) is 18.1 Å². The van der Waals surface area contributed by atoms with E-state index >= 15 is 0 Å². The first-order valence-electron chi connectivity index (χ1n) is 10.4. The first kappa shape index (κ1) is 23.1. The van der Waals surface area contributed by atoms with Crippen LogP contribution in [0.25, 0.3) is 0 Å². The lowest BCUT2D eigenvalue weighted by atomic mass is 9.86. The summed E-state index contributed by atoms with van der Waals surface area (Å²) in [4.78, 5) is 21.3. The summed E-state index contributed by atoms with van der Waals surface area (Å²) in [7, 11) is -3.40. The standard InChI is InChI=1S/C22H30N4O4S/c1-15-14-19(30-18-8-6-5-7-9-18)24-21(23-15)25-20(27)16-10-12-17(13-11-16)26-31(28,29)22(2,3)4/h5-9,14,16-17,26H,10-13H2,1-4H3,(H,23,24,25,27). The number of aryl methyl sites for hydroxylation is 1. The summed E-state index contributed by atoms with van der Waals surface area (Å²) in [5.74, 6) is 0.834. The van der Waals surface area contributed by atoms with Crippen molar-refractivity contribution in [3.05, 3.63) is 42.1 Å². The fraction of sp³-hybridized carbons (Fsp3) is 0.500. The Balaban J connectivity index is 1.58. The Morgan fingerprint density at radius 3 is 2.32 bits per heavy atom. The van der Waals surface area contributed by atoms with Crippen molar-refractivity contribution in [2.75, 3.05) is 5.32 Å². The van der Waals surface area contributed by atoms with Gasteiger partial charge in [0.05, 0.1) is 4.75 Å². The molecule has 1 aromatic heterocycles. The summed E-state index contributed by atoms with van der Waals surface area (Å²) in [5, 5.41) is 2.79. The minimum absolute atomic E-state index is 0.144. The summed E-state index contributed by atoms with van der Waals surface area (Å²) < 4.78 is 32.4. The maximum Gasteiger partial charge on any atom is 0.232 e. The second-order valence-corrected chi connectivity index (χ2v) is 11.3. The van der Waals surface area contributed by atoms with Crippen LogP contribution in [0.5, 0.6) is 11.6 Å². The zero-order valence-electron chi connectivity index (χ0n) is 18.4. The monoisotopic (exact) mass is 446 g/mol. The SMILES string of the molecule is Cc1cc(Oc2ccccc2)nc(NC(=O)C2CCC(NS(=O)(=O)C(C)(C)C)CC2)n1. The number of hydrogen-bond acceptors (Lipinski definition) is 6. The van der Waals surface area contributed by atoms with Crippen molar-refractivity contribution in [2.24, 2.45) is 5.92 Å². The molecule has 0 saturated heterocycles. The highest BCUT2D eigenvalue weighted by Gasteiger charge is 2.34. The molecule has 9 heteroatoms. The highest BCUT2D eigenvalue weighted by molar-refractivity contribution is 7.90. The Hall–Kier alpha value is -2.52. The molecule has 0 aliphatic heterocycles. The van der Waals surface area contributed by atoms with Crippen molar-refractivity contribution >= 4 is 21.9 Å². The van der Waals surface area contributed by atoms with Gasteiger partial charge in [0.1, 0.15) is 5.75 Å². The van der Waals surface area contributed by atoms with E-state index in [1.807, 2.05) is 37.3 Å². The maximum absolute atomic E-state index is 12.7. The Bertz CT molecular complexity index is 1010. The third-order valence-electron chi connectivity index (χ3n) is 5.26. The van der Waals surface area contributed by atoms with Gasteiger partial charge in [-0.3, -0.25) is 10.1 Å². The van der Waals surface area contributed by atoms with Crippen molar-refractivity contribution in [1.82, 2.24) is 14.7 Å². The molecular weight excluding hydrogens is 416 g/mol. The van der Waals surface area contributed by atoms with Gasteiger partial charge in [0.15, 0.2) is 0 Å². The number of amides is 1. The number of hydrogen-bond donors (Lipinski definition) is 2. The predicted octanol–water partition coefficient (Wildman–Crippen LogP) is 3.79. The Kier molecular flexibility index (Phi) is 6.96. The zero-order chi connectivity index (χ0) is 22.6. The van der Waals surface area contributed by atoms with Gasteiger partial charge in [-0.05, 0) is 65.5 Å². The number of carbonyl (C=O) groups excluding carboxylic acids is 1. The van der Waals surface area contributed by atoms with Gasteiger partial charge in [0.2, 0.25) is 27.8 Å². The van der Waals surface area contributed by atoms with E-state index in [2.05, 4.69) is 20.0 Å². The summed E-state index contributed by atoms with van der Waals surface area (Å²) >= 11 is 0. The van der Waals surface area contributed by atoms with Crippen LogP contribution in [0, 0.1) is 12.8 Å². The van der Waals surface area contributed by atoms with Crippen LogP contribution in [0.15, 0.2) is 36.4 Å². The number of ether oxygens (including phenoxy) is 1. The maximum atomic E-state index is 12.7. The van der Waals surface area contributed by atoms with E-state index < -0.39 is 14.8 Å². The van der Waals surface area contributed by atoms with Crippen LogP contribution in [0.1, 0.15) is 52.1 Å². The fourth-order valence-electron chi connectivity index (χ4n) is 3.34. The van der Waals surface area contributed by atoms with Crippen molar-refractivity contribution < 1.29 is 17.9 Å². The molecule has 3 rings (SSSR count). The molecule has 2 aromatic rings. The number of nitrogens with zero attached hydrogens (tertiary/aromatic N) is 2. The number of benzene rings is 1. The molecule has 1 aromatic carbocycles. The van der Waals surface area contributed by atoms with Crippen molar-refractivity contribution in [3.63, 3.8) is 0 Å². The van der Waals surface area contributed by atoms with E-state index in [0.29, 0.717) is 43.0 Å². The Morgan fingerprint density at radius 2 is 1.71 bits per heavy atom. The van der Waals surface area contributed by atoms with Crippen LogP contribution in [-0.4, -0.2) is 35.1 Å². The molecule has 168 valence electrons. The van der Waals surface area contributed by atoms with Crippen LogP contribution < -0.4 is 14.8 Å². The highest BCUT2D eigenvalue weighted by atomic mass is 32.2. The second-order valence-electron chi connectivity index (χ2n) is 8.86. The molecule has 0 atom stereocenters. The summed E-state index contributed by atoms with van der Waals surface area (Å²) in [6.45, 7) is 6.83. The van der Waals surface area contributed by atoms with Crippen LogP contribution in [0.4, 0.5) is 5.95 Å². The zero-order valence-corrected chi connectivity index (χ0v) is 19.2. The summed E-state index contributed by atoms with van der Waals surface area (Å²) in [5.41, 5.74) is 0.677. The van der Waals surface area contributed by atoms with Gasteiger partial charge in [-0.1, -0.05) is 18.2 Å². The average molecular weight is 447 g/mol. The largest absolute Gasteiger partial charge is 0.439 e. The van der Waals surface area contributed by atoms with Gasteiger partial charge in [-0.15, -0.1) is 0 Å². The van der Waals surface area contributed by atoms with Crippen molar-refractivity contribution in [1.29, 1.82) is 0 Å². The molecule has 8 nitrogen and oxygen atoms in total. The molecular formula is C22H30N4O4S. The number of para-hydroxylation sites is 1. The third kappa shape index (κ3) is 6.24. The van der Waals surface area contributed by atoms with Gasteiger partial charge < -0.3 is 4.74 Å². The summed E-state index contributed by atoms with van der Waals surface area (Å²) in [6.07, 6.45) is 2.43. The third-order valence-corrected chi connectivity index (χ3v) is 7.51. The van der Waals surface area contributed by atoms with Gasteiger partial charge in [0.25, 0.3) is 0 Å². The Labute approximate surface area is 183 Å². The molecule has 0 spiro atoms. The lowest BCUT2D eigenvalue weighted by Gasteiger charge is -2.30. The molecule has 1 aliphatic rings. The minimum Gasteiger partial charge on any atom is -0.439 e. The minimum atomic E-state index is -3.40. The fourth-order valence-corrected chi connectivity index (χ4v) is 4.37. The number of aromatic nitrogens is 2. The van der Waals surface area contributed by atoms with E-state index in [1.165, 1.54) is 0 Å². The van der Waals surface area contributed by atoms with Crippen LogP contribution in [0.3, 0.4) is 0 Å². The van der Waals surface area contributed by atoms with E-state index in [-0.39, 0.29) is 23.8 Å². The first-order chi connectivity index (χ1) is 14.5. The quantitative estimate of drug-likeness (QED) is 0.698. The van der Waals surface area contributed by atoms with Gasteiger partial charge in [0, 0.05) is 23.7 Å². The number of anilines is 1. The van der Waals surface area contributed by atoms with E-state index in [4.69, 9.17) is 4.74 Å². The molecule has 0 radical (unpaired) electrons. The lowest BCUT2D eigenvalue weighted by molar-refractivity contribution is -0.120. The molecule has 1 heterocycles. The highest BCUT2D eigenvalue weighted by Crippen LogP contribution is 2.27. The van der Waals surface area contributed by atoms with Gasteiger partial charge >= 0.3 is 0 Å². The number of rotatable bonds is 6. The predicted molar refractivity (Wildman–Crippen MR) is 119 cm³/mol. The second kappa shape index (κ2) is 9.32. The molecule has 31 heavy (non-hydrogen) atoms. The molecule has 0 bridgehead atoms. The Morgan fingerprint density at radius 1 is 1.06 bits per heavy atom. The molecule has 1 fully saturated rings. The normalized spacial score (nSPS) is 19.6. The van der Waals surface area contributed by atoms with E-state index in [9.17, 15) is 13.2 Å². The average Bonchev–Trinajstić information content (AvgIpc) is 2.67. The molecule has 1 amide bonds. The van der Waals surface area contributed by atoms with Crippen LogP contribution in [-0.2, 0) is 14.8 Å². The molecule has 1 aliphatic carbocycles. The number of sulfonamides is 1.